The second kappa shape index (κ2) is 6.06. The number of anilines is 1. The van der Waals surface area contributed by atoms with Crippen molar-refractivity contribution >= 4 is 11.5 Å². The quantitative estimate of drug-likeness (QED) is 0.347. The number of hydrogen-bond acceptors (Lipinski definition) is 3. The van der Waals surface area contributed by atoms with Gasteiger partial charge >= 0.3 is 0 Å². The zero-order valence-electron chi connectivity index (χ0n) is 11.1. The van der Waals surface area contributed by atoms with Crippen LogP contribution in [0.25, 0.3) is 0 Å². The standard InChI is InChI=1S/C15H16FN3O/c1-10-3-2-4-13(16)14(10)18-9-11-5-7-12(8-6-11)15(17)19-20/h2-8,18,20H,9H2,1H3,(H2,17,19). The molecular weight excluding hydrogens is 257 g/mol. The van der Waals surface area contributed by atoms with E-state index in [4.69, 9.17) is 10.9 Å². The molecule has 4 N–H and O–H groups in total. The second-order valence-corrected chi connectivity index (χ2v) is 4.47. The predicted octanol–water partition coefficient (Wildman–Crippen LogP) is 2.84. The Kier molecular flexibility index (Phi) is 4.20. The van der Waals surface area contributed by atoms with Gasteiger partial charge in [0.25, 0.3) is 0 Å². The highest BCUT2D eigenvalue weighted by molar-refractivity contribution is 5.96. The van der Waals surface area contributed by atoms with E-state index in [1.807, 2.05) is 25.1 Å². The predicted molar refractivity (Wildman–Crippen MR) is 77.4 cm³/mol. The van der Waals surface area contributed by atoms with Crippen molar-refractivity contribution in [2.45, 2.75) is 13.5 Å². The summed E-state index contributed by atoms with van der Waals surface area (Å²) in [5.74, 6) is -0.201. The van der Waals surface area contributed by atoms with Crippen molar-refractivity contribution in [1.29, 1.82) is 0 Å². The van der Waals surface area contributed by atoms with Gasteiger partial charge in [-0.05, 0) is 24.1 Å². The van der Waals surface area contributed by atoms with Crippen LogP contribution in [-0.4, -0.2) is 11.0 Å². The van der Waals surface area contributed by atoms with Gasteiger partial charge in [0.1, 0.15) is 5.82 Å². The van der Waals surface area contributed by atoms with E-state index < -0.39 is 0 Å². The summed E-state index contributed by atoms with van der Waals surface area (Å²) in [5.41, 5.74) is 8.46. The molecule has 0 radical (unpaired) electrons. The number of hydrogen-bond donors (Lipinski definition) is 3. The largest absolute Gasteiger partial charge is 0.409 e. The first-order valence-corrected chi connectivity index (χ1v) is 6.17. The molecule has 0 atom stereocenters. The summed E-state index contributed by atoms with van der Waals surface area (Å²) in [7, 11) is 0. The van der Waals surface area contributed by atoms with Crippen LogP contribution >= 0.6 is 0 Å². The van der Waals surface area contributed by atoms with Crippen molar-refractivity contribution < 1.29 is 9.60 Å². The second-order valence-electron chi connectivity index (χ2n) is 4.47. The third-order valence-electron chi connectivity index (χ3n) is 3.05. The van der Waals surface area contributed by atoms with Gasteiger partial charge in [0.05, 0.1) is 5.69 Å². The Morgan fingerprint density at radius 1 is 1.25 bits per heavy atom. The highest BCUT2D eigenvalue weighted by Gasteiger charge is 2.05. The minimum atomic E-state index is -0.265. The SMILES string of the molecule is Cc1cccc(F)c1NCc1ccc(/C(N)=N/O)cc1. The fourth-order valence-electron chi connectivity index (χ4n) is 1.90. The van der Waals surface area contributed by atoms with Crippen LogP contribution < -0.4 is 11.1 Å². The van der Waals surface area contributed by atoms with Gasteiger partial charge in [-0.15, -0.1) is 0 Å². The smallest absolute Gasteiger partial charge is 0.170 e. The maximum atomic E-state index is 13.6. The first-order chi connectivity index (χ1) is 9.61. The monoisotopic (exact) mass is 273 g/mol. The summed E-state index contributed by atoms with van der Waals surface area (Å²) in [4.78, 5) is 0. The van der Waals surface area contributed by atoms with E-state index in [1.54, 1.807) is 18.2 Å². The van der Waals surface area contributed by atoms with E-state index in [-0.39, 0.29) is 11.7 Å². The van der Waals surface area contributed by atoms with E-state index in [0.29, 0.717) is 17.8 Å². The van der Waals surface area contributed by atoms with Crippen LogP contribution in [0.3, 0.4) is 0 Å². The molecule has 0 amide bonds. The number of para-hydroxylation sites is 1. The van der Waals surface area contributed by atoms with Crippen molar-refractivity contribution in [1.82, 2.24) is 0 Å². The molecule has 5 heteroatoms. The average molecular weight is 273 g/mol. The lowest BCUT2D eigenvalue weighted by atomic mass is 10.1. The number of nitrogens with zero attached hydrogens (tertiary/aromatic N) is 1. The Balaban J connectivity index is 2.08. The van der Waals surface area contributed by atoms with E-state index in [0.717, 1.165) is 11.1 Å². The molecule has 0 aliphatic heterocycles. The van der Waals surface area contributed by atoms with Gasteiger partial charge in [0.2, 0.25) is 0 Å². The molecule has 0 saturated heterocycles. The van der Waals surface area contributed by atoms with Crippen LogP contribution in [0.5, 0.6) is 0 Å². The summed E-state index contributed by atoms with van der Waals surface area (Å²) in [6, 6.07) is 12.2. The molecule has 2 aromatic carbocycles. The molecular formula is C15H16FN3O. The maximum absolute atomic E-state index is 13.6. The fourth-order valence-corrected chi connectivity index (χ4v) is 1.90. The molecule has 4 nitrogen and oxygen atoms in total. The van der Waals surface area contributed by atoms with E-state index >= 15 is 0 Å². The minimum Gasteiger partial charge on any atom is -0.409 e. The van der Waals surface area contributed by atoms with Crippen molar-refractivity contribution in [2.75, 3.05) is 5.32 Å². The molecule has 0 aliphatic rings. The number of amidine groups is 1. The Bertz CT molecular complexity index is 603. The first kappa shape index (κ1) is 13.9. The molecule has 0 spiro atoms. The van der Waals surface area contributed by atoms with Gasteiger partial charge in [0.15, 0.2) is 5.84 Å². The molecule has 2 aromatic rings. The van der Waals surface area contributed by atoms with E-state index in [2.05, 4.69) is 10.5 Å². The van der Waals surface area contributed by atoms with Crippen molar-refractivity contribution in [3.8, 4) is 0 Å². The van der Waals surface area contributed by atoms with Crippen LogP contribution in [0.1, 0.15) is 16.7 Å². The molecule has 2 rings (SSSR count). The molecule has 0 saturated carbocycles. The summed E-state index contributed by atoms with van der Waals surface area (Å²) in [5, 5.41) is 14.6. The summed E-state index contributed by atoms with van der Waals surface area (Å²) >= 11 is 0. The van der Waals surface area contributed by atoms with E-state index in [9.17, 15) is 4.39 Å². The molecule has 20 heavy (non-hydrogen) atoms. The Morgan fingerprint density at radius 3 is 2.55 bits per heavy atom. The number of oxime groups is 1. The zero-order valence-corrected chi connectivity index (χ0v) is 11.1. The van der Waals surface area contributed by atoms with Crippen LogP contribution in [0.2, 0.25) is 0 Å². The van der Waals surface area contributed by atoms with Gasteiger partial charge < -0.3 is 16.3 Å². The van der Waals surface area contributed by atoms with Crippen LogP contribution in [0.15, 0.2) is 47.6 Å². The summed E-state index contributed by atoms with van der Waals surface area (Å²) in [6.45, 7) is 2.35. The highest BCUT2D eigenvalue weighted by atomic mass is 19.1. The van der Waals surface area contributed by atoms with Gasteiger partial charge in [-0.3, -0.25) is 0 Å². The van der Waals surface area contributed by atoms with Gasteiger partial charge in [0, 0.05) is 12.1 Å². The third-order valence-corrected chi connectivity index (χ3v) is 3.05. The van der Waals surface area contributed by atoms with Crippen LogP contribution in [0.4, 0.5) is 10.1 Å². The lowest BCUT2D eigenvalue weighted by Gasteiger charge is -2.11. The fraction of sp³-hybridized carbons (Fsp3) is 0.133. The zero-order chi connectivity index (χ0) is 14.5. The number of benzene rings is 2. The summed E-state index contributed by atoms with van der Waals surface area (Å²) < 4.78 is 13.6. The number of aryl methyl sites for hydroxylation is 1. The average Bonchev–Trinajstić information content (AvgIpc) is 2.46. The van der Waals surface area contributed by atoms with E-state index in [1.165, 1.54) is 6.07 Å². The topological polar surface area (TPSA) is 70.6 Å². The molecule has 0 aromatic heterocycles. The summed E-state index contributed by atoms with van der Waals surface area (Å²) in [6.07, 6.45) is 0. The Hall–Kier alpha value is -2.56. The van der Waals surface area contributed by atoms with Crippen molar-refractivity contribution in [2.24, 2.45) is 10.9 Å². The third kappa shape index (κ3) is 3.06. The number of nitrogens with two attached hydrogens (primary N) is 1. The number of nitrogens with one attached hydrogen (secondary N) is 1. The van der Waals surface area contributed by atoms with Gasteiger partial charge in [-0.25, -0.2) is 4.39 Å². The van der Waals surface area contributed by atoms with Gasteiger partial charge in [-0.2, -0.15) is 0 Å². The first-order valence-electron chi connectivity index (χ1n) is 6.17. The van der Waals surface area contributed by atoms with Crippen molar-refractivity contribution in [3.63, 3.8) is 0 Å². The Labute approximate surface area is 116 Å². The highest BCUT2D eigenvalue weighted by Crippen LogP contribution is 2.19. The molecule has 0 bridgehead atoms. The van der Waals surface area contributed by atoms with Gasteiger partial charge in [-0.1, -0.05) is 41.6 Å². The minimum absolute atomic E-state index is 0.0643. The maximum Gasteiger partial charge on any atom is 0.170 e. The number of rotatable bonds is 4. The van der Waals surface area contributed by atoms with Crippen LogP contribution in [-0.2, 0) is 6.54 Å². The molecule has 104 valence electrons. The van der Waals surface area contributed by atoms with Crippen LogP contribution in [0, 0.1) is 12.7 Å². The molecule has 0 fully saturated rings. The lowest BCUT2D eigenvalue weighted by molar-refractivity contribution is 0.318. The molecule has 0 heterocycles. The Morgan fingerprint density at radius 2 is 1.95 bits per heavy atom. The normalized spacial score (nSPS) is 11.4. The molecule has 0 unspecified atom stereocenters. The lowest BCUT2D eigenvalue weighted by Crippen LogP contribution is -2.13. The number of halogens is 1. The molecule has 0 aliphatic carbocycles. The van der Waals surface area contributed by atoms with Crippen molar-refractivity contribution in [3.05, 3.63) is 65.0 Å².